The van der Waals surface area contributed by atoms with Crippen LogP contribution >= 0.6 is 12.2 Å². The molecule has 0 saturated heterocycles. The van der Waals surface area contributed by atoms with Gasteiger partial charge in [-0.3, -0.25) is 0 Å². The number of para-hydroxylation sites is 1. The fourth-order valence-corrected chi connectivity index (χ4v) is 3.08. The zero-order valence-corrected chi connectivity index (χ0v) is 13.7. The van der Waals surface area contributed by atoms with Crippen molar-refractivity contribution < 1.29 is 8.42 Å². The second-order valence-corrected chi connectivity index (χ2v) is 6.65. The van der Waals surface area contributed by atoms with Crippen molar-refractivity contribution in [3.8, 4) is 0 Å². The average molecular weight is 335 g/mol. The molecule has 0 aromatic heterocycles. The summed E-state index contributed by atoms with van der Waals surface area (Å²) >= 11 is 5.21. The highest BCUT2D eigenvalue weighted by Gasteiger charge is 2.11. The van der Waals surface area contributed by atoms with Crippen molar-refractivity contribution in [2.24, 2.45) is 0 Å². The molecule has 22 heavy (non-hydrogen) atoms. The third-order valence-electron chi connectivity index (χ3n) is 2.79. The Morgan fingerprint density at radius 1 is 0.955 bits per heavy atom. The Morgan fingerprint density at radius 2 is 1.50 bits per heavy atom. The van der Waals surface area contributed by atoms with Crippen LogP contribution in [0, 0.1) is 0 Å². The lowest BCUT2D eigenvalue weighted by molar-refractivity contribution is 0.584. The summed E-state index contributed by atoms with van der Waals surface area (Å²) in [4.78, 5) is 0.224. The Hall–Kier alpha value is -1.96. The molecule has 5 nitrogen and oxygen atoms in total. The van der Waals surface area contributed by atoms with Crippen molar-refractivity contribution in [2.45, 2.75) is 11.8 Å². The molecule has 2 aromatic carbocycles. The first kappa shape index (κ1) is 16.4. The van der Waals surface area contributed by atoms with Gasteiger partial charge in [-0.05, 0) is 48.6 Å². The van der Waals surface area contributed by atoms with Gasteiger partial charge >= 0.3 is 0 Å². The van der Waals surface area contributed by atoms with Crippen LogP contribution in [-0.2, 0) is 10.0 Å². The molecule has 116 valence electrons. The number of hydrogen-bond acceptors (Lipinski definition) is 3. The molecule has 0 saturated carbocycles. The van der Waals surface area contributed by atoms with E-state index in [1.807, 2.05) is 30.3 Å². The lowest BCUT2D eigenvalue weighted by atomic mass is 10.3. The van der Waals surface area contributed by atoms with Gasteiger partial charge in [0.05, 0.1) is 4.90 Å². The summed E-state index contributed by atoms with van der Waals surface area (Å²) in [5.41, 5.74) is 1.59. The Balaban J connectivity index is 2.01. The molecule has 0 radical (unpaired) electrons. The fourth-order valence-electron chi connectivity index (χ4n) is 1.81. The van der Waals surface area contributed by atoms with E-state index in [0.717, 1.165) is 5.69 Å². The molecule has 0 aliphatic rings. The number of nitrogens with one attached hydrogen (secondary N) is 3. The van der Waals surface area contributed by atoms with E-state index >= 15 is 0 Å². The second-order valence-electron chi connectivity index (χ2n) is 4.47. The summed E-state index contributed by atoms with van der Waals surface area (Å²) in [5, 5.41) is 6.49. The van der Waals surface area contributed by atoms with E-state index in [4.69, 9.17) is 12.2 Å². The van der Waals surface area contributed by atoms with Crippen LogP contribution in [0.15, 0.2) is 59.5 Å². The van der Waals surface area contributed by atoms with Crippen molar-refractivity contribution in [1.82, 2.24) is 4.72 Å². The maximum atomic E-state index is 11.8. The Kier molecular flexibility index (Phi) is 5.48. The molecule has 0 aliphatic heterocycles. The minimum atomic E-state index is -3.43. The van der Waals surface area contributed by atoms with E-state index in [0.29, 0.717) is 17.3 Å². The van der Waals surface area contributed by atoms with Gasteiger partial charge in [-0.15, -0.1) is 0 Å². The van der Waals surface area contributed by atoms with E-state index in [1.54, 1.807) is 19.1 Å². The van der Waals surface area contributed by atoms with Gasteiger partial charge < -0.3 is 10.6 Å². The molecule has 0 spiro atoms. The van der Waals surface area contributed by atoms with Crippen molar-refractivity contribution >= 4 is 38.7 Å². The van der Waals surface area contributed by atoms with Crippen LogP contribution in [0.2, 0.25) is 0 Å². The third kappa shape index (κ3) is 4.52. The van der Waals surface area contributed by atoms with Crippen LogP contribution in [0.3, 0.4) is 0 Å². The van der Waals surface area contributed by atoms with Crippen molar-refractivity contribution in [2.75, 3.05) is 17.2 Å². The number of thiocarbonyl (C=S) groups is 1. The summed E-state index contributed by atoms with van der Waals surface area (Å²) in [5.74, 6) is 0. The summed E-state index contributed by atoms with van der Waals surface area (Å²) in [6.07, 6.45) is 0. The van der Waals surface area contributed by atoms with Gasteiger partial charge in [-0.25, -0.2) is 13.1 Å². The van der Waals surface area contributed by atoms with E-state index < -0.39 is 10.0 Å². The van der Waals surface area contributed by atoms with Crippen LogP contribution in [0.25, 0.3) is 0 Å². The summed E-state index contributed by atoms with van der Waals surface area (Å²) in [7, 11) is -3.43. The van der Waals surface area contributed by atoms with E-state index in [-0.39, 0.29) is 4.90 Å². The number of benzene rings is 2. The number of sulfonamides is 1. The molecule has 0 unspecified atom stereocenters. The van der Waals surface area contributed by atoms with Gasteiger partial charge in [0, 0.05) is 17.9 Å². The van der Waals surface area contributed by atoms with Crippen molar-refractivity contribution in [1.29, 1.82) is 0 Å². The largest absolute Gasteiger partial charge is 0.332 e. The highest BCUT2D eigenvalue weighted by atomic mass is 32.2. The summed E-state index contributed by atoms with van der Waals surface area (Å²) < 4.78 is 26.1. The van der Waals surface area contributed by atoms with E-state index in [2.05, 4.69) is 15.4 Å². The zero-order valence-electron chi connectivity index (χ0n) is 12.0. The van der Waals surface area contributed by atoms with Gasteiger partial charge in [0.1, 0.15) is 0 Å². The predicted molar refractivity (Wildman–Crippen MR) is 93.6 cm³/mol. The summed E-state index contributed by atoms with van der Waals surface area (Å²) in [6.45, 7) is 2.09. The highest BCUT2D eigenvalue weighted by molar-refractivity contribution is 7.89. The topological polar surface area (TPSA) is 70.2 Å². The number of rotatable bonds is 5. The maximum absolute atomic E-state index is 11.8. The van der Waals surface area contributed by atoms with Gasteiger partial charge in [-0.2, -0.15) is 0 Å². The Morgan fingerprint density at radius 3 is 2.05 bits per heavy atom. The molecule has 0 atom stereocenters. The summed E-state index contributed by atoms with van der Waals surface area (Å²) in [6, 6.07) is 15.9. The van der Waals surface area contributed by atoms with Crippen molar-refractivity contribution in [3.05, 3.63) is 54.6 Å². The quantitative estimate of drug-likeness (QED) is 0.733. The second kappa shape index (κ2) is 7.35. The van der Waals surface area contributed by atoms with Crippen LogP contribution < -0.4 is 15.4 Å². The van der Waals surface area contributed by atoms with Crippen LogP contribution in [-0.4, -0.2) is 20.1 Å². The zero-order chi connectivity index (χ0) is 16.0. The van der Waals surface area contributed by atoms with Crippen molar-refractivity contribution in [3.63, 3.8) is 0 Å². The van der Waals surface area contributed by atoms with E-state index in [1.165, 1.54) is 12.1 Å². The van der Waals surface area contributed by atoms with E-state index in [9.17, 15) is 8.42 Å². The van der Waals surface area contributed by atoms with Crippen LogP contribution in [0.1, 0.15) is 6.92 Å². The SMILES string of the molecule is CCNS(=O)(=O)c1ccc(NC(=S)Nc2ccccc2)cc1. The molecular formula is C15H17N3O2S2. The first-order valence-corrected chi connectivity index (χ1v) is 8.63. The molecule has 7 heteroatoms. The standard InChI is InChI=1S/C15H17N3O2S2/c1-2-16-22(19,20)14-10-8-13(9-11-14)18-15(21)17-12-6-4-3-5-7-12/h3-11,16H,2H2,1H3,(H2,17,18,21). The minimum absolute atomic E-state index is 0.224. The van der Waals surface area contributed by atoms with Gasteiger partial charge in [-0.1, -0.05) is 25.1 Å². The smallest absolute Gasteiger partial charge is 0.240 e. The normalized spacial score (nSPS) is 11.0. The Bertz CT molecular complexity index is 729. The molecular weight excluding hydrogens is 318 g/mol. The molecule has 0 fully saturated rings. The van der Waals surface area contributed by atoms with Gasteiger partial charge in [0.25, 0.3) is 0 Å². The first-order chi connectivity index (χ1) is 10.5. The van der Waals surface area contributed by atoms with Gasteiger partial charge in [0.15, 0.2) is 5.11 Å². The molecule has 2 rings (SSSR count). The van der Waals surface area contributed by atoms with Crippen LogP contribution in [0.5, 0.6) is 0 Å². The maximum Gasteiger partial charge on any atom is 0.240 e. The fraction of sp³-hybridized carbons (Fsp3) is 0.133. The first-order valence-electron chi connectivity index (χ1n) is 6.74. The number of anilines is 2. The predicted octanol–water partition coefficient (Wildman–Crippen LogP) is 2.79. The number of hydrogen-bond donors (Lipinski definition) is 3. The van der Waals surface area contributed by atoms with Gasteiger partial charge in [0.2, 0.25) is 10.0 Å². The average Bonchev–Trinajstić information content (AvgIpc) is 2.48. The molecule has 3 N–H and O–H groups in total. The minimum Gasteiger partial charge on any atom is -0.332 e. The molecule has 0 bridgehead atoms. The third-order valence-corrected chi connectivity index (χ3v) is 4.55. The Labute approximate surface area is 135 Å². The molecule has 0 aliphatic carbocycles. The molecule has 0 heterocycles. The lowest BCUT2D eigenvalue weighted by Gasteiger charge is -2.11. The lowest BCUT2D eigenvalue weighted by Crippen LogP contribution is -2.23. The molecule has 0 amide bonds. The highest BCUT2D eigenvalue weighted by Crippen LogP contribution is 2.14. The monoisotopic (exact) mass is 335 g/mol. The van der Waals surface area contributed by atoms with Crippen LogP contribution in [0.4, 0.5) is 11.4 Å². The molecule has 2 aromatic rings.